The Bertz CT molecular complexity index is 932. The number of amides is 1. The number of anilines is 1. The molecule has 1 N–H and O–H groups in total. The third kappa shape index (κ3) is 3.28. The number of carbonyl (C=O) groups is 1. The summed E-state index contributed by atoms with van der Waals surface area (Å²) in [6.07, 6.45) is 6.58. The molecule has 1 saturated heterocycles. The molecule has 4 nitrogen and oxygen atoms in total. The Balaban J connectivity index is 1.50. The zero-order valence-corrected chi connectivity index (χ0v) is 17.2. The van der Waals surface area contributed by atoms with E-state index >= 15 is 0 Å². The van der Waals surface area contributed by atoms with Crippen molar-refractivity contribution in [2.75, 3.05) is 24.5 Å². The molecule has 2 heterocycles. The number of hydrogen-bond donors (Lipinski definition) is 1. The van der Waals surface area contributed by atoms with Crippen LogP contribution in [0, 0.1) is 6.92 Å². The Morgan fingerprint density at radius 3 is 2.72 bits per heavy atom. The van der Waals surface area contributed by atoms with Gasteiger partial charge in [-0.05, 0) is 72.2 Å². The zero-order chi connectivity index (χ0) is 20.0. The van der Waals surface area contributed by atoms with Gasteiger partial charge in [0.25, 0.3) is 0 Å². The zero-order valence-electron chi connectivity index (χ0n) is 17.2. The predicted octanol–water partition coefficient (Wildman–Crippen LogP) is 4.02. The maximum Gasteiger partial charge on any atom is 0.214 e. The largest absolute Gasteiger partial charge is 0.392 e. The Kier molecular flexibility index (Phi) is 4.72. The number of hydrogen-bond acceptors (Lipinski definition) is 3. The van der Waals surface area contributed by atoms with Crippen molar-refractivity contribution in [1.29, 1.82) is 0 Å². The van der Waals surface area contributed by atoms with Gasteiger partial charge in [0, 0.05) is 37.3 Å². The highest BCUT2D eigenvalue weighted by molar-refractivity contribution is 5.84. The quantitative estimate of drug-likeness (QED) is 0.802. The Labute approximate surface area is 173 Å². The fourth-order valence-corrected chi connectivity index (χ4v) is 5.74. The van der Waals surface area contributed by atoms with Crippen LogP contribution in [0.3, 0.4) is 0 Å². The van der Waals surface area contributed by atoms with Crippen LogP contribution in [0.15, 0.2) is 36.4 Å². The second-order valence-electron chi connectivity index (χ2n) is 9.28. The summed E-state index contributed by atoms with van der Waals surface area (Å²) in [7, 11) is 0. The van der Waals surface area contributed by atoms with E-state index in [4.69, 9.17) is 0 Å². The van der Waals surface area contributed by atoms with Crippen LogP contribution < -0.4 is 4.90 Å². The summed E-state index contributed by atoms with van der Waals surface area (Å²) >= 11 is 0. The minimum Gasteiger partial charge on any atom is -0.392 e. The molecule has 2 aromatic carbocycles. The van der Waals surface area contributed by atoms with Crippen molar-refractivity contribution in [3.05, 3.63) is 53.1 Å². The van der Waals surface area contributed by atoms with E-state index < -0.39 is 0 Å². The van der Waals surface area contributed by atoms with E-state index in [2.05, 4.69) is 48.2 Å². The highest BCUT2D eigenvalue weighted by Crippen LogP contribution is 2.51. The van der Waals surface area contributed by atoms with Crippen molar-refractivity contribution in [1.82, 2.24) is 4.90 Å². The van der Waals surface area contributed by atoms with Gasteiger partial charge in [-0.15, -0.1) is 0 Å². The topological polar surface area (TPSA) is 43.8 Å². The lowest BCUT2D eigenvalue weighted by molar-refractivity contribution is -0.107. The molecular formula is C25H30N2O2. The van der Waals surface area contributed by atoms with Crippen LogP contribution >= 0.6 is 0 Å². The highest BCUT2D eigenvalue weighted by atomic mass is 16.3. The average molecular weight is 391 g/mol. The van der Waals surface area contributed by atoms with Gasteiger partial charge < -0.3 is 10.0 Å². The lowest BCUT2D eigenvalue weighted by Gasteiger charge is -2.24. The SMILES string of the molecule is Cc1ccc(CN2CCC(O)C2)cc1-c1ccc2c(c1)C1(CCCC1)CN2C=O. The summed E-state index contributed by atoms with van der Waals surface area (Å²) in [4.78, 5) is 15.9. The van der Waals surface area contributed by atoms with Gasteiger partial charge in [0.1, 0.15) is 0 Å². The fraction of sp³-hybridized carbons (Fsp3) is 0.480. The molecule has 0 bridgehead atoms. The molecular weight excluding hydrogens is 360 g/mol. The minimum atomic E-state index is -0.181. The van der Waals surface area contributed by atoms with Crippen molar-refractivity contribution in [3.63, 3.8) is 0 Å². The van der Waals surface area contributed by atoms with E-state index in [-0.39, 0.29) is 11.5 Å². The second-order valence-corrected chi connectivity index (χ2v) is 9.28. The molecule has 5 rings (SSSR count). The van der Waals surface area contributed by atoms with Gasteiger partial charge in [-0.25, -0.2) is 0 Å². The molecule has 1 aliphatic carbocycles. The van der Waals surface area contributed by atoms with Gasteiger partial charge >= 0.3 is 0 Å². The highest BCUT2D eigenvalue weighted by Gasteiger charge is 2.44. The summed E-state index contributed by atoms with van der Waals surface area (Å²) < 4.78 is 0. The molecule has 3 aliphatic rings. The van der Waals surface area contributed by atoms with Gasteiger partial charge in [-0.3, -0.25) is 9.69 Å². The van der Waals surface area contributed by atoms with E-state index in [9.17, 15) is 9.90 Å². The first-order valence-electron chi connectivity index (χ1n) is 10.9. The standard InChI is InChI=1S/C25H30N2O2/c1-18-4-5-19(14-26-11-8-21(29)15-26)12-22(18)20-6-7-24-23(13-20)25(9-2-3-10-25)16-27(24)17-28/h4-7,12-13,17,21,29H,2-3,8-11,14-16H2,1H3. The molecule has 2 aliphatic heterocycles. The van der Waals surface area contributed by atoms with E-state index in [1.54, 1.807) is 0 Å². The molecule has 1 saturated carbocycles. The molecule has 2 aromatic rings. The number of fused-ring (bicyclic) bond motifs is 2. The maximum atomic E-state index is 11.7. The maximum absolute atomic E-state index is 11.7. The first-order valence-corrected chi connectivity index (χ1v) is 10.9. The Hall–Kier alpha value is -2.17. The van der Waals surface area contributed by atoms with Crippen molar-refractivity contribution in [3.8, 4) is 11.1 Å². The normalized spacial score (nSPS) is 23.1. The Morgan fingerprint density at radius 1 is 1.17 bits per heavy atom. The van der Waals surface area contributed by atoms with Crippen LogP contribution in [0.25, 0.3) is 11.1 Å². The fourth-order valence-electron chi connectivity index (χ4n) is 5.74. The second kappa shape index (κ2) is 7.26. The van der Waals surface area contributed by atoms with E-state index in [0.29, 0.717) is 0 Å². The van der Waals surface area contributed by atoms with Gasteiger partial charge in [-0.2, -0.15) is 0 Å². The van der Waals surface area contributed by atoms with Crippen LogP contribution in [0.5, 0.6) is 0 Å². The number of benzene rings is 2. The lowest BCUT2D eigenvalue weighted by atomic mass is 9.79. The number of β-amino-alcohol motifs (C(OH)–C–C–N with tert-alkyl or cyclic N) is 1. The number of aryl methyl sites for hydroxylation is 1. The van der Waals surface area contributed by atoms with Crippen LogP contribution in [-0.2, 0) is 16.8 Å². The number of aliphatic hydroxyl groups excluding tert-OH is 1. The van der Waals surface area contributed by atoms with Gasteiger partial charge in [-0.1, -0.05) is 31.0 Å². The summed E-state index contributed by atoms with van der Waals surface area (Å²) in [6.45, 7) is 5.64. The molecule has 2 fully saturated rings. The molecule has 0 radical (unpaired) electrons. The first kappa shape index (κ1) is 18.8. The lowest BCUT2D eigenvalue weighted by Crippen LogP contribution is -2.30. The van der Waals surface area contributed by atoms with Gasteiger partial charge in [0.2, 0.25) is 6.41 Å². The number of rotatable bonds is 4. The van der Waals surface area contributed by atoms with Crippen LogP contribution in [0.2, 0.25) is 0 Å². The molecule has 1 amide bonds. The molecule has 1 atom stereocenters. The third-order valence-electron chi connectivity index (χ3n) is 7.30. The monoisotopic (exact) mass is 390 g/mol. The predicted molar refractivity (Wildman–Crippen MR) is 116 cm³/mol. The summed E-state index contributed by atoms with van der Waals surface area (Å²) in [5, 5.41) is 9.82. The number of aliphatic hydroxyl groups is 1. The van der Waals surface area contributed by atoms with Crippen LogP contribution in [-0.4, -0.2) is 42.2 Å². The molecule has 1 spiro atoms. The van der Waals surface area contributed by atoms with Crippen molar-refractivity contribution < 1.29 is 9.90 Å². The molecule has 152 valence electrons. The number of carbonyl (C=O) groups excluding carboxylic acids is 1. The van der Waals surface area contributed by atoms with Crippen LogP contribution in [0.1, 0.15) is 48.8 Å². The van der Waals surface area contributed by atoms with Crippen molar-refractivity contribution in [2.45, 2.75) is 57.1 Å². The van der Waals surface area contributed by atoms with Gasteiger partial charge in [0.15, 0.2) is 0 Å². The number of nitrogens with zero attached hydrogens (tertiary/aromatic N) is 2. The molecule has 4 heteroatoms. The smallest absolute Gasteiger partial charge is 0.214 e. The summed E-state index contributed by atoms with van der Waals surface area (Å²) in [5.41, 5.74) is 7.73. The van der Waals surface area contributed by atoms with E-state index in [0.717, 1.165) is 44.7 Å². The first-order chi connectivity index (χ1) is 14.1. The summed E-state index contributed by atoms with van der Waals surface area (Å²) in [5.74, 6) is 0. The average Bonchev–Trinajstić information content (AvgIpc) is 3.44. The van der Waals surface area contributed by atoms with Crippen molar-refractivity contribution in [2.24, 2.45) is 0 Å². The van der Waals surface area contributed by atoms with E-state index in [1.807, 2.05) is 4.90 Å². The molecule has 0 aromatic heterocycles. The Morgan fingerprint density at radius 2 is 2.00 bits per heavy atom. The summed E-state index contributed by atoms with van der Waals surface area (Å²) in [6, 6.07) is 13.4. The molecule has 29 heavy (non-hydrogen) atoms. The van der Waals surface area contributed by atoms with Gasteiger partial charge in [0.05, 0.1) is 6.10 Å². The van der Waals surface area contributed by atoms with Crippen molar-refractivity contribution >= 4 is 12.1 Å². The van der Waals surface area contributed by atoms with Crippen LogP contribution in [0.4, 0.5) is 5.69 Å². The molecule has 1 unspecified atom stereocenters. The van der Waals surface area contributed by atoms with E-state index in [1.165, 1.54) is 53.5 Å². The minimum absolute atomic E-state index is 0.156. The third-order valence-corrected chi connectivity index (χ3v) is 7.30. The number of likely N-dealkylation sites (tertiary alicyclic amines) is 1.